The van der Waals surface area contributed by atoms with Gasteiger partial charge >= 0.3 is 0 Å². The normalized spacial score (nSPS) is 14.6. The van der Waals surface area contributed by atoms with Crippen molar-refractivity contribution < 1.29 is 9.53 Å². The fourth-order valence-corrected chi connectivity index (χ4v) is 3.68. The Morgan fingerprint density at radius 2 is 1.87 bits per heavy atom. The number of amides is 1. The number of carbonyl (C=O) groups excluding carboxylic acids is 1. The van der Waals surface area contributed by atoms with Crippen molar-refractivity contribution >= 4 is 11.7 Å². The lowest BCUT2D eigenvalue weighted by Gasteiger charge is -2.17. The molecule has 1 amide bonds. The Labute approximate surface area is 183 Å². The molecular weight excluding hydrogens is 390 g/mol. The van der Waals surface area contributed by atoms with E-state index in [1.807, 2.05) is 26.0 Å². The molecule has 31 heavy (non-hydrogen) atoms. The van der Waals surface area contributed by atoms with Crippen molar-refractivity contribution in [2.45, 2.75) is 32.8 Å². The Hall–Kier alpha value is -3.21. The summed E-state index contributed by atoms with van der Waals surface area (Å²) in [5, 5.41) is 9.37. The molecule has 0 bridgehead atoms. The zero-order valence-corrected chi connectivity index (χ0v) is 18.1. The summed E-state index contributed by atoms with van der Waals surface area (Å²) in [6.07, 6.45) is 1.80. The first-order valence-corrected chi connectivity index (χ1v) is 10.5. The van der Waals surface area contributed by atoms with E-state index in [0.29, 0.717) is 23.4 Å². The van der Waals surface area contributed by atoms with E-state index in [0.717, 1.165) is 38.0 Å². The van der Waals surface area contributed by atoms with E-state index in [-0.39, 0.29) is 11.9 Å². The van der Waals surface area contributed by atoms with E-state index in [2.05, 4.69) is 22.0 Å². The highest BCUT2D eigenvalue weighted by atomic mass is 16.5. The van der Waals surface area contributed by atoms with Crippen molar-refractivity contribution in [2.24, 2.45) is 16.5 Å². The number of nitrogens with two attached hydrogens (primary N) is 2. The van der Waals surface area contributed by atoms with Crippen molar-refractivity contribution in [3.05, 3.63) is 64.2 Å². The second-order valence-corrected chi connectivity index (χ2v) is 7.91. The van der Waals surface area contributed by atoms with Gasteiger partial charge in [0.2, 0.25) is 0 Å². The van der Waals surface area contributed by atoms with E-state index in [4.69, 9.17) is 16.2 Å². The average Bonchev–Trinajstić information content (AvgIpc) is 2.95. The Morgan fingerprint density at radius 1 is 1.16 bits per heavy atom. The summed E-state index contributed by atoms with van der Waals surface area (Å²) in [6, 6.07) is 12.8. The van der Waals surface area contributed by atoms with Crippen molar-refractivity contribution in [3.8, 4) is 11.8 Å². The summed E-state index contributed by atoms with van der Waals surface area (Å²) in [6.45, 7) is 7.24. The number of fused-ring (bicyclic) bond motifs is 1. The lowest BCUT2D eigenvalue weighted by molar-refractivity contribution is 0.100. The zero-order valence-electron chi connectivity index (χ0n) is 18.1. The van der Waals surface area contributed by atoms with Gasteiger partial charge in [0.05, 0.1) is 11.7 Å². The Kier molecular flexibility index (Phi) is 7.40. The lowest BCUT2D eigenvalue weighted by atomic mass is 9.99. The highest BCUT2D eigenvalue weighted by Gasteiger charge is 2.16. The third-order valence-corrected chi connectivity index (χ3v) is 5.27. The van der Waals surface area contributed by atoms with Gasteiger partial charge in [-0.2, -0.15) is 10.3 Å². The molecule has 162 valence electrons. The number of ether oxygens (including phenoxy) is 1. The highest BCUT2D eigenvalue weighted by molar-refractivity contribution is 6.09. The summed E-state index contributed by atoms with van der Waals surface area (Å²) in [5.74, 6) is 0.117. The Balaban J connectivity index is 1.79. The number of carbonyl (C=O) groups is 1. The topological polar surface area (TPSA) is 118 Å². The number of amidine groups is 1. The van der Waals surface area contributed by atoms with E-state index >= 15 is 0 Å². The predicted octanol–water partition coefficient (Wildman–Crippen LogP) is 2.25. The highest BCUT2D eigenvalue weighted by Crippen LogP contribution is 2.22. The average molecular weight is 420 g/mol. The molecule has 7 nitrogen and oxygen atoms in total. The van der Waals surface area contributed by atoms with Crippen LogP contribution < -0.4 is 16.2 Å². The number of nitriles is 1. The second kappa shape index (κ2) is 10.2. The second-order valence-electron chi connectivity index (χ2n) is 7.91. The van der Waals surface area contributed by atoms with Crippen LogP contribution in [0.25, 0.3) is 0 Å². The van der Waals surface area contributed by atoms with Gasteiger partial charge in [-0.25, -0.2) is 0 Å². The number of hydrogen-bond acceptors (Lipinski definition) is 5. The molecule has 7 heteroatoms. The molecule has 0 fully saturated rings. The number of nitrogens with zero attached hydrogens (tertiary/aromatic N) is 3. The van der Waals surface area contributed by atoms with Gasteiger partial charge < -0.3 is 21.1 Å². The van der Waals surface area contributed by atoms with Crippen molar-refractivity contribution in [1.82, 2.24) is 4.90 Å². The van der Waals surface area contributed by atoms with Crippen molar-refractivity contribution in [1.29, 1.82) is 5.26 Å². The molecular formula is C24H29N5O2. The molecule has 3 rings (SSSR count). The maximum Gasteiger partial charge on any atom is 0.278 e. The van der Waals surface area contributed by atoms with E-state index < -0.39 is 5.91 Å². The summed E-state index contributed by atoms with van der Waals surface area (Å²) in [4.78, 5) is 19.1. The Bertz CT molecular complexity index is 1020. The minimum absolute atomic E-state index is 0.0714. The monoisotopic (exact) mass is 419 g/mol. The van der Waals surface area contributed by atoms with Crippen LogP contribution in [0, 0.1) is 11.3 Å². The van der Waals surface area contributed by atoms with Gasteiger partial charge in [-0.3, -0.25) is 4.79 Å². The third kappa shape index (κ3) is 5.69. The molecule has 4 N–H and O–H groups in total. The summed E-state index contributed by atoms with van der Waals surface area (Å²) >= 11 is 0. The number of aliphatic imine (C=N–C) groups is 1. The zero-order chi connectivity index (χ0) is 22.4. The van der Waals surface area contributed by atoms with Crippen LogP contribution in [0.15, 0.2) is 41.4 Å². The van der Waals surface area contributed by atoms with Crippen LogP contribution in [0.3, 0.4) is 0 Å². The number of benzene rings is 2. The summed E-state index contributed by atoms with van der Waals surface area (Å²) < 4.78 is 5.60. The van der Waals surface area contributed by atoms with Crippen LogP contribution in [0.2, 0.25) is 0 Å². The smallest absolute Gasteiger partial charge is 0.278 e. The molecule has 2 aromatic carbocycles. The summed E-state index contributed by atoms with van der Waals surface area (Å²) in [7, 11) is 0. The van der Waals surface area contributed by atoms with E-state index in [1.165, 1.54) is 17.2 Å². The molecule has 0 spiro atoms. The van der Waals surface area contributed by atoms with Crippen LogP contribution in [0.1, 0.15) is 46.5 Å². The SMILES string of the molecule is CC(C)Oc1ccc(C(=O)N=C(N)c2ccc3c(c2)CCN(CCN)CC3)cc1C#N. The van der Waals surface area contributed by atoms with Gasteiger partial charge in [0.25, 0.3) is 5.91 Å². The molecule has 0 aliphatic carbocycles. The molecule has 0 radical (unpaired) electrons. The van der Waals surface area contributed by atoms with Gasteiger partial charge in [-0.05, 0) is 62.1 Å². The molecule has 2 aromatic rings. The quantitative estimate of drug-likeness (QED) is 0.548. The maximum atomic E-state index is 12.7. The van der Waals surface area contributed by atoms with Crippen molar-refractivity contribution in [2.75, 3.05) is 26.2 Å². The molecule has 0 saturated carbocycles. The first kappa shape index (κ1) is 22.5. The molecule has 1 aliphatic heterocycles. The molecule has 0 saturated heterocycles. The third-order valence-electron chi connectivity index (χ3n) is 5.27. The first-order chi connectivity index (χ1) is 14.9. The van der Waals surface area contributed by atoms with E-state index in [9.17, 15) is 10.1 Å². The lowest BCUT2D eigenvalue weighted by Crippen LogP contribution is -2.31. The van der Waals surface area contributed by atoms with Crippen molar-refractivity contribution in [3.63, 3.8) is 0 Å². The van der Waals surface area contributed by atoms with Crippen LogP contribution in [-0.2, 0) is 12.8 Å². The molecule has 0 atom stereocenters. The first-order valence-electron chi connectivity index (χ1n) is 10.5. The van der Waals surface area contributed by atoms with Crippen LogP contribution in [-0.4, -0.2) is 48.9 Å². The van der Waals surface area contributed by atoms with Crippen LogP contribution >= 0.6 is 0 Å². The summed E-state index contributed by atoms with van der Waals surface area (Å²) in [5.41, 5.74) is 15.7. The maximum absolute atomic E-state index is 12.7. The van der Waals surface area contributed by atoms with Gasteiger partial charge in [0.1, 0.15) is 17.7 Å². The molecule has 1 aliphatic rings. The number of rotatable bonds is 6. The van der Waals surface area contributed by atoms with E-state index in [1.54, 1.807) is 12.1 Å². The van der Waals surface area contributed by atoms with Gasteiger partial charge in [-0.15, -0.1) is 0 Å². The fourth-order valence-electron chi connectivity index (χ4n) is 3.68. The standard InChI is InChI=1S/C24H29N5O2/c1-16(2)31-22-6-5-20(14-21(22)15-26)24(30)28-23(27)19-4-3-17-7-10-29(12-9-25)11-8-18(17)13-19/h3-6,13-14,16H,7-12,25H2,1-2H3,(H2,27,28,30). The van der Waals surface area contributed by atoms with Gasteiger partial charge in [0.15, 0.2) is 0 Å². The fraction of sp³-hybridized carbons (Fsp3) is 0.375. The molecule has 0 aromatic heterocycles. The van der Waals surface area contributed by atoms with Crippen LogP contribution in [0.5, 0.6) is 5.75 Å². The predicted molar refractivity (Wildman–Crippen MR) is 121 cm³/mol. The Morgan fingerprint density at radius 3 is 2.55 bits per heavy atom. The molecule has 0 unspecified atom stereocenters. The largest absolute Gasteiger partial charge is 0.490 e. The minimum Gasteiger partial charge on any atom is -0.490 e. The molecule has 1 heterocycles. The van der Waals surface area contributed by atoms with Crippen LogP contribution in [0.4, 0.5) is 0 Å². The van der Waals surface area contributed by atoms with Gasteiger partial charge in [0, 0.05) is 37.3 Å². The van der Waals surface area contributed by atoms with Gasteiger partial charge in [-0.1, -0.05) is 12.1 Å². The number of hydrogen-bond donors (Lipinski definition) is 2. The minimum atomic E-state index is -0.492.